The van der Waals surface area contributed by atoms with Crippen molar-refractivity contribution in [2.45, 2.75) is 6.10 Å². The van der Waals surface area contributed by atoms with Gasteiger partial charge in [0.15, 0.2) is 5.75 Å². The molecular weight excluding hydrogens is 379 g/mol. The standard InChI is InChI=1S/C13H14ClIN2O2/c1-16-6-8(18)7-19-13-11(15)5-10(14)9-3-2-4-17-12(9)13/h2-5,8,16,18H,6-7H2,1H3. The number of aliphatic hydroxyl groups excluding tert-OH is 1. The number of aliphatic hydroxyl groups is 1. The minimum atomic E-state index is -0.560. The summed E-state index contributed by atoms with van der Waals surface area (Å²) < 4.78 is 6.58. The van der Waals surface area contributed by atoms with Gasteiger partial charge < -0.3 is 15.2 Å². The van der Waals surface area contributed by atoms with E-state index in [0.29, 0.717) is 17.3 Å². The van der Waals surface area contributed by atoms with Gasteiger partial charge in [-0.1, -0.05) is 11.6 Å². The number of ether oxygens (including phenoxy) is 1. The van der Waals surface area contributed by atoms with Gasteiger partial charge in [-0.05, 0) is 47.8 Å². The molecule has 0 spiro atoms. The number of hydrogen-bond acceptors (Lipinski definition) is 4. The van der Waals surface area contributed by atoms with Crippen LogP contribution in [0.1, 0.15) is 0 Å². The predicted octanol–water partition coefficient (Wildman–Crippen LogP) is 2.45. The van der Waals surface area contributed by atoms with Gasteiger partial charge in [0.1, 0.15) is 18.2 Å². The summed E-state index contributed by atoms with van der Waals surface area (Å²) in [7, 11) is 1.78. The van der Waals surface area contributed by atoms with Crippen molar-refractivity contribution in [1.29, 1.82) is 0 Å². The molecule has 19 heavy (non-hydrogen) atoms. The maximum Gasteiger partial charge on any atom is 0.159 e. The molecule has 2 N–H and O–H groups in total. The van der Waals surface area contributed by atoms with E-state index >= 15 is 0 Å². The molecule has 0 fully saturated rings. The Morgan fingerprint density at radius 3 is 3.11 bits per heavy atom. The number of nitrogens with zero attached hydrogens (tertiary/aromatic N) is 1. The lowest BCUT2D eigenvalue weighted by atomic mass is 10.2. The van der Waals surface area contributed by atoms with Gasteiger partial charge in [0, 0.05) is 18.1 Å². The molecule has 2 rings (SSSR count). The highest BCUT2D eigenvalue weighted by Gasteiger charge is 2.13. The van der Waals surface area contributed by atoms with E-state index in [1.807, 2.05) is 18.2 Å². The molecule has 1 atom stereocenters. The summed E-state index contributed by atoms with van der Waals surface area (Å²) in [5.74, 6) is 0.663. The van der Waals surface area contributed by atoms with Gasteiger partial charge in [-0.3, -0.25) is 4.98 Å². The van der Waals surface area contributed by atoms with Crippen LogP contribution in [-0.4, -0.2) is 36.4 Å². The van der Waals surface area contributed by atoms with Crippen molar-refractivity contribution >= 4 is 45.1 Å². The second-order valence-electron chi connectivity index (χ2n) is 4.09. The van der Waals surface area contributed by atoms with Gasteiger partial charge in [-0.25, -0.2) is 0 Å². The summed E-state index contributed by atoms with van der Waals surface area (Å²) in [4.78, 5) is 4.32. The molecule has 0 saturated carbocycles. The molecule has 102 valence electrons. The van der Waals surface area contributed by atoms with Crippen molar-refractivity contribution < 1.29 is 9.84 Å². The smallest absolute Gasteiger partial charge is 0.159 e. The van der Waals surface area contributed by atoms with Gasteiger partial charge in [0.05, 0.1) is 8.59 Å². The average molecular weight is 393 g/mol. The number of fused-ring (bicyclic) bond motifs is 1. The second kappa shape index (κ2) is 6.69. The Labute approximate surface area is 130 Å². The van der Waals surface area contributed by atoms with Crippen molar-refractivity contribution in [2.75, 3.05) is 20.2 Å². The van der Waals surface area contributed by atoms with Crippen LogP contribution in [0.5, 0.6) is 5.75 Å². The summed E-state index contributed by atoms with van der Waals surface area (Å²) in [6.07, 6.45) is 1.14. The van der Waals surface area contributed by atoms with E-state index in [-0.39, 0.29) is 6.61 Å². The van der Waals surface area contributed by atoms with E-state index in [1.54, 1.807) is 13.2 Å². The van der Waals surface area contributed by atoms with Gasteiger partial charge in [0.2, 0.25) is 0 Å². The molecule has 6 heteroatoms. The van der Waals surface area contributed by atoms with Crippen LogP contribution < -0.4 is 10.1 Å². The van der Waals surface area contributed by atoms with Crippen LogP contribution >= 0.6 is 34.2 Å². The minimum absolute atomic E-state index is 0.212. The Bertz CT molecular complexity index is 580. The number of hydrogen-bond donors (Lipinski definition) is 2. The van der Waals surface area contributed by atoms with Crippen LogP contribution in [0, 0.1) is 3.57 Å². The maximum atomic E-state index is 9.69. The lowest BCUT2D eigenvalue weighted by molar-refractivity contribution is 0.108. The third-order valence-corrected chi connectivity index (χ3v) is 3.72. The largest absolute Gasteiger partial charge is 0.487 e. The number of benzene rings is 1. The Morgan fingerprint density at radius 2 is 2.37 bits per heavy atom. The number of halogens is 2. The first-order valence-corrected chi connectivity index (χ1v) is 7.27. The van der Waals surface area contributed by atoms with Crippen LogP contribution in [0.25, 0.3) is 10.9 Å². The van der Waals surface area contributed by atoms with E-state index in [2.05, 4.69) is 32.9 Å². The van der Waals surface area contributed by atoms with Crippen LogP contribution in [0.2, 0.25) is 5.02 Å². The zero-order valence-corrected chi connectivity index (χ0v) is 13.3. The van der Waals surface area contributed by atoms with Gasteiger partial charge in [-0.15, -0.1) is 0 Å². The molecular formula is C13H14ClIN2O2. The molecule has 0 amide bonds. The highest BCUT2D eigenvalue weighted by molar-refractivity contribution is 14.1. The molecule has 1 aromatic heterocycles. The topological polar surface area (TPSA) is 54.4 Å². The molecule has 0 aliphatic rings. The number of pyridine rings is 1. The second-order valence-corrected chi connectivity index (χ2v) is 5.66. The third-order valence-electron chi connectivity index (χ3n) is 2.61. The molecule has 2 aromatic rings. The lowest BCUT2D eigenvalue weighted by Gasteiger charge is -2.15. The molecule has 4 nitrogen and oxygen atoms in total. The monoisotopic (exact) mass is 392 g/mol. The van der Waals surface area contributed by atoms with Gasteiger partial charge >= 0.3 is 0 Å². The zero-order valence-electron chi connectivity index (χ0n) is 10.4. The minimum Gasteiger partial charge on any atom is -0.487 e. The first kappa shape index (κ1) is 14.8. The Hall–Kier alpha value is -0.630. The number of rotatable bonds is 5. The summed E-state index contributed by atoms with van der Waals surface area (Å²) in [5, 5.41) is 14.1. The van der Waals surface area contributed by atoms with E-state index in [0.717, 1.165) is 14.5 Å². The molecule has 1 heterocycles. The van der Waals surface area contributed by atoms with Crippen molar-refractivity contribution in [3.8, 4) is 5.75 Å². The fraction of sp³-hybridized carbons (Fsp3) is 0.308. The summed E-state index contributed by atoms with van der Waals surface area (Å²) in [6.45, 7) is 0.694. The first-order chi connectivity index (χ1) is 9.13. The summed E-state index contributed by atoms with van der Waals surface area (Å²) in [5.41, 5.74) is 0.719. The Balaban J connectivity index is 2.32. The predicted molar refractivity (Wildman–Crippen MR) is 84.9 cm³/mol. The molecule has 0 aliphatic carbocycles. The third kappa shape index (κ3) is 3.47. The van der Waals surface area contributed by atoms with E-state index in [4.69, 9.17) is 16.3 Å². The molecule has 0 saturated heterocycles. The van der Waals surface area contributed by atoms with Crippen molar-refractivity contribution in [3.05, 3.63) is 33.0 Å². The number of nitrogens with one attached hydrogen (secondary N) is 1. The highest BCUT2D eigenvalue weighted by atomic mass is 127. The average Bonchev–Trinajstić information content (AvgIpc) is 2.39. The van der Waals surface area contributed by atoms with Gasteiger partial charge in [-0.2, -0.15) is 0 Å². The first-order valence-electron chi connectivity index (χ1n) is 5.81. The van der Waals surface area contributed by atoms with E-state index in [1.165, 1.54) is 0 Å². The van der Waals surface area contributed by atoms with E-state index in [9.17, 15) is 5.11 Å². The molecule has 0 aliphatic heterocycles. The van der Waals surface area contributed by atoms with Crippen molar-refractivity contribution in [3.63, 3.8) is 0 Å². The lowest BCUT2D eigenvalue weighted by Crippen LogP contribution is -2.29. The van der Waals surface area contributed by atoms with Crippen molar-refractivity contribution in [2.24, 2.45) is 0 Å². The SMILES string of the molecule is CNCC(O)COc1c(I)cc(Cl)c2cccnc12. The quantitative estimate of drug-likeness (QED) is 0.768. The van der Waals surface area contributed by atoms with Crippen molar-refractivity contribution in [1.82, 2.24) is 10.3 Å². The van der Waals surface area contributed by atoms with Gasteiger partial charge in [0.25, 0.3) is 0 Å². The molecule has 1 unspecified atom stereocenters. The zero-order chi connectivity index (χ0) is 13.8. The van der Waals surface area contributed by atoms with Crippen LogP contribution in [0.15, 0.2) is 24.4 Å². The highest BCUT2D eigenvalue weighted by Crippen LogP contribution is 2.34. The van der Waals surface area contributed by atoms with E-state index < -0.39 is 6.10 Å². The van der Waals surface area contributed by atoms with Crippen LogP contribution in [0.4, 0.5) is 0 Å². The Kier molecular flexibility index (Phi) is 5.20. The normalized spacial score (nSPS) is 12.6. The molecule has 1 aromatic carbocycles. The summed E-state index contributed by atoms with van der Waals surface area (Å²) in [6, 6.07) is 5.57. The fourth-order valence-electron chi connectivity index (χ4n) is 1.76. The molecule has 0 radical (unpaired) electrons. The van der Waals surface area contributed by atoms with Crippen LogP contribution in [0.3, 0.4) is 0 Å². The Morgan fingerprint density at radius 1 is 1.58 bits per heavy atom. The van der Waals surface area contributed by atoms with Crippen LogP contribution in [-0.2, 0) is 0 Å². The summed E-state index contributed by atoms with van der Waals surface area (Å²) >= 11 is 8.34. The fourth-order valence-corrected chi connectivity index (χ4v) is 2.93. The number of likely N-dealkylation sites (N-methyl/N-ethyl adjacent to an activating group) is 1. The molecule has 0 bridgehead atoms. The number of aromatic nitrogens is 1. The maximum absolute atomic E-state index is 9.69.